The summed E-state index contributed by atoms with van der Waals surface area (Å²) in [5.74, 6) is 1.04. The summed E-state index contributed by atoms with van der Waals surface area (Å²) in [6.07, 6.45) is 2.40. The standard InChI is InChI=1S/C22H28FN5O/c23-19-4-6-20(7-5-19)26-15-17-28(18-16-26)22(29)8-10-25-11-13-27(14-12-25)21-3-1-2-9-24-21/h1-7,9H,8,10-18H2. The number of hydrogen-bond acceptors (Lipinski definition) is 5. The molecular formula is C22H28FN5O. The number of aromatic nitrogens is 1. The van der Waals surface area contributed by atoms with Crippen LogP contribution in [-0.4, -0.2) is 79.6 Å². The van der Waals surface area contributed by atoms with Crippen molar-refractivity contribution in [1.82, 2.24) is 14.8 Å². The van der Waals surface area contributed by atoms with Gasteiger partial charge in [-0.25, -0.2) is 9.37 Å². The van der Waals surface area contributed by atoms with Crippen molar-refractivity contribution in [1.29, 1.82) is 0 Å². The van der Waals surface area contributed by atoms with Crippen LogP contribution in [0.2, 0.25) is 0 Å². The van der Waals surface area contributed by atoms with Crippen LogP contribution in [0.3, 0.4) is 0 Å². The van der Waals surface area contributed by atoms with Gasteiger partial charge >= 0.3 is 0 Å². The van der Waals surface area contributed by atoms with E-state index in [1.165, 1.54) is 12.1 Å². The van der Waals surface area contributed by atoms with E-state index in [9.17, 15) is 9.18 Å². The Morgan fingerprint density at radius 2 is 1.55 bits per heavy atom. The largest absolute Gasteiger partial charge is 0.368 e. The van der Waals surface area contributed by atoms with Gasteiger partial charge in [0.2, 0.25) is 5.91 Å². The van der Waals surface area contributed by atoms with Crippen molar-refractivity contribution in [3.8, 4) is 0 Å². The lowest BCUT2D eigenvalue weighted by molar-refractivity contribution is -0.131. The second kappa shape index (κ2) is 9.22. The number of piperazine rings is 2. The molecule has 3 heterocycles. The summed E-state index contributed by atoms with van der Waals surface area (Å²) in [4.78, 5) is 25.9. The summed E-state index contributed by atoms with van der Waals surface area (Å²) in [6.45, 7) is 7.66. The number of carbonyl (C=O) groups excluding carboxylic acids is 1. The van der Waals surface area contributed by atoms with Gasteiger partial charge in [0.25, 0.3) is 0 Å². The fourth-order valence-electron chi connectivity index (χ4n) is 4.02. The minimum absolute atomic E-state index is 0.219. The van der Waals surface area contributed by atoms with Gasteiger partial charge in [0.1, 0.15) is 11.6 Å². The smallest absolute Gasteiger partial charge is 0.223 e. The summed E-state index contributed by atoms with van der Waals surface area (Å²) in [5, 5.41) is 0. The van der Waals surface area contributed by atoms with Gasteiger partial charge in [-0.15, -0.1) is 0 Å². The Hall–Kier alpha value is -2.67. The molecule has 2 fully saturated rings. The predicted octanol–water partition coefficient (Wildman–Crippen LogP) is 2.08. The normalized spacial score (nSPS) is 18.2. The Kier molecular flexibility index (Phi) is 6.24. The molecule has 29 heavy (non-hydrogen) atoms. The van der Waals surface area contributed by atoms with Crippen molar-refractivity contribution in [3.05, 3.63) is 54.5 Å². The van der Waals surface area contributed by atoms with E-state index >= 15 is 0 Å². The second-order valence-corrected chi connectivity index (χ2v) is 7.61. The Balaban J connectivity index is 1.18. The average molecular weight is 397 g/mol. The molecule has 2 saturated heterocycles. The van der Waals surface area contributed by atoms with E-state index in [2.05, 4.69) is 19.7 Å². The highest BCUT2D eigenvalue weighted by atomic mass is 19.1. The third-order valence-electron chi connectivity index (χ3n) is 5.81. The quantitative estimate of drug-likeness (QED) is 0.773. The number of benzene rings is 1. The third-order valence-corrected chi connectivity index (χ3v) is 5.81. The summed E-state index contributed by atoms with van der Waals surface area (Å²) in [7, 11) is 0. The second-order valence-electron chi connectivity index (χ2n) is 7.61. The maximum Gasteiger partial charge on any atom is 0.223 e. The number of anilines is 2. The lowest BCUT2D eigenvalue weighted by Gasteiger charge is -2.37. The van der Waals surface area contributed by atoms with Gasteiger partial charge in [0.05, 0.1) is 0 Å². The van der Waals surface area contributed by atoms with E-state index < -0.39 is 0 Å². The minimum atomic E-state index is -0.219. The van der Waals surface area contributed by atoms with Crippen LogP contribution in [0.1, 0.15) is 6.42 Å². The van der Waals surface area contributed by atoms with Gasteiger partial charge in [-0.2, -0.15) is 0 Å². The molecule has 0 saturated carbocycles. The van der Waals surface area contributed by atoms with E-state index in [4.69, 9.17) is 0 Å². The third kappa shape index (κ3) is 5.03. The molecule has 0 spiro atoms. The molecule has 0 radical (unpaired) electrons. The number of halogens is 1. The molecule has 1 amide bonds. The van der Waals surface area contributed by atoms with Crippen LogP contribution < -0.4 is 9.80 Å². The molecule has 2 aliphatic rings. The fraction of sp³-hybridized carbons (Fsp3) is 0.455. The first-order valence-electron chi connectivity index (χ1n) is 10.4. The Morgan fingerprint density at radius 1 is 0.862 bits per heavy atom. The van der Waals surface area contributed by atoms with Crippen molar-refractivity contribution in [2.24, 2.45) is 0 Å². The topological polar surface area (TPSA) is 42.9 Å². The van der Waals surface area contributed by atoms with Crippen LogP contribution in [0.4, 0.5) is 15.9 Å². The number of amides is 1. The molecule has 1 aromatic heterocycles. The number of rotatable bonds is 5. The molecule has 1 aromatic carbocycles. The molecule has 2 aliphatic heterocycles. The monoisotopic (exact) mass is 397 g/mol. The highest BCUT2D eigenvalue weighted by molar-refractivity contribution is 5.76. The molecular weight excluding hydrogens is 369 g/mol. The van der Waals surface area contributed by atoms with Crippen LogP contribution >= 0.6 is 0 Å². The SMILES string of the molecule is O=C(CCN1CCN(c2ccccn2)CC1)N1CCN(c2ccc(F)cc2)CC1. The van der Waals surface area contributed by atoms with Gasteiger partial charge in [-0.1, -0.05) is 6.07 Å². The molecule has 7 heteroatoms. The zero-order valence-electron chi connectivity index (χ0n) is 16.7. The molecule has 0 aliphatic carbocycles. The summed E-state index contributed by atoms with van der Waals surface area (Å²) >= 11 is 0. The Bertz CT molecular complexity index is 785. The first-order valence-corrected chi connectivity index (χ1v) is 10.4. The Morgan fingerprint density at radius 3 is 2.21 bits per heavy atom. The van der Waals surface area contributed by atoms with E-state index in [0.717, 1.165) is 70.4 Å². The molecule has 2 aromatic rings. The van der Waals surface area contributed by atoms with Gasteiger partial charge < -0.3 is 14.7 Å². The molecule has 0 N–H and O–H groups in total. The van der Waals surface area contributed by atoms with E-state index in [1.54, 1.807) is 12.1 Å². The van der Waals surface area contributed by atoms with Gasteiger partial charge in [0, 0.05) is 77.2 Å². The first-order chi connectivity index (χ1) is 14.2. The first kappa shape index (κ1) is 19.6. The van der Waals surface area contributed by atoms with Crippen molar-refractivity contribution in [3.63, 3.8) is 0 Å². The minimum Gasteiger partial charge on any atom is -0.368 e. The molecule has 6 nitrogen and oxygen atoms in total. The predicted molar refractivity (Wildman–Crippen MR) is 113 cm³/mol. The molecule has 0 bridgehead atoms. The van der Waals surface area contributed by atoms with E-state index in [-0.39, 0.29) is 11.7 Å². The number of carbonyl (C=O) groups is 1. The summed E-state index contributed by atoms with van der Waals surface area (Å²) in [6, 6.07) is 12.6. The maximum atomic E-state index is 13.1. The summed E-state index contributed by atoms with van der Waals surface area (Å²) in [5.41, 5.74) is 1.02. The van der Waals surface area contributed by atoms with E-state index in [1.807, 2.05) is 29.3 Å². The highest BCUT2D eigenvalue weighted by Crippen LogP contribution is 2.17. The molecule has 4 rings (SSSR count). The van der Waals surface area contributed by atoms with Crippen LogP contribution in [0.25, 0.3) is 0 Å². The van der Waals surface area contributed by atoms with Crippen molar-refractivity contribution in [2.45, 2.75) is 6.42 Å². The zero-order valence-corrected chi connectivity index (χ0v) is 16.7. The molecule has 154 valence electrons. The highest BCUT2D eigenvalue weighted by Gasteiger charge is 2.23. The van der Waals surface area contributed by atoms with Gasteiger partial charge in [0.15, 0.2) is 0 Å². The number of hydrogen-bond donors (Lipinski definition) is 0. The zero-order chi connectivity index (χ0) is 20.1. The molecule has 0 unspecified atom stereocenters. The maximum absolute atomic E-state index is 13.1. The fourth-order valence-corrected chi connectivity index (χ4v) is 4.02. The summed E-state index contributed by atoms with van der Waals surface area (Å²) < 4.78 is 13.1. The number of pyridine rings is 1. The van der Waals surface area contributed by atoms with Gasteiger partial charge in [-0.05, 0) is 36.4 Å². The average Bonchev–Trinajstić information content (AvgIpc) is 2.79. The van der Waals surface area contributed by atoms with Crippen molar-refractivity contribution < 1.29 is 9.18 Å². The van der Waals surface area contributed by atoms with Crippen molar-refractivity contribution in [2.75, 3.05) is 68.7 Å². The van der Waals surface area contributed by atoms with Gasteiger partial charge in [-0.3, -0.25) is 9.69 Å². The lowest BCUT2D eigenvalue weighted by atomic mass is 10.2. The molecule has 0 atom stereocenters. The van der Waals surface area contributed by atoms with Crippen LogP contribution in [0, 0.1) is 5.82 Å². The van der Waals surface area contributed by atoms with Crippen LogP contribution in [-0.2, 0) is 4.79 Å². The Labute approximate surface area is 171 Å². The van der Waals surface area contributed by atoms with E-state index in [0.29, 0.717) is 6.42 Å². The number of nitrogens with zero attached hydrogens (tertiary/aromatic N) is 5. The van der Waals surface area contributed by atoms with Crippen molar-refractivity contribution >= 4 is 17.4 Å². The van der Waals surface area contributed by atoms with Crippen LogP contribution in [0.15, 0.2) is 48.7 Å². The van der Waals surface area contributed by atoms with Crippen LogP contribution in [0.5, 0.6) is 0 Å². The lowest BCUT2D eigenvalue weighted by Crippen LogP contribution is -2.50.